The highest BCUT2D eigenvalue weighted by Gasteiger charge is 2.31. The number of hydrogen-bond acceptors (Lipinski definition) is 6. The van der Waals surface area contributed by atoms with Crippen LogP contribution < -0.4 is 5.32 Å². The first kappa shape index (κ1) is 21.4. The monoisotopic (exact) mass is 452 g/mol. The van der Waals surface area contributed by atoms with Gasteiger partial charge in [0, 0.05) is 12.4 Å². The van der Waals surface area contributed by atoms with Gasteiger partial charge < -0.3 is 14.5 Å². The number of amides is 1. The molecule has 0 aliphatic carbocycles. The van der Waals surface area contributed by atoms with Crippen LogP contribution >= 0.6 is 11.8 Å². The van der Waals surface area contributed by atoms with Gasteiger partial charge in [0.05, 0.1) is 30.2 Å². The minimum absolute atomic E-state index is 0.0384. The zero-order valence-electron chi connectivity index (χ0n) is 16.3. The van der Waals surface area contributed by atoms with Crippen molar-refractivity contribution in [1.29, 1.82) is 0 Å². The Balaban J connectivity index is 1.60. The standard InChI is InChI=1S/C20H19F3N4O3S/c21-20(22,23)13-4-1-5-14(10-13)27-17(11-24-18(28)16-7-3-9-30-16)25-26-19(27)31-12-15-6-2-8-29-15/h1,3-5,7,9-10,15H,2,6,8,11-12H2,(H,24,28). The van der Waals surface area contributed by atoms with Crippen molar-refractivity contribution in [3.8, 4) is 5.69 Å². The lowest BCUT2D eigenvalue weighted by molar-refractivity contribution is -0.137. The SMILES string of the molecule is O=C(NCc1nnc(SCC2CCCO2)n1-c1cccc(C(F)(F)F)c1)c1ccco1. The Hall–Kier alpha value is -2.79. The lowest BCUT2D eigenvalue weighted by Crippen LogP contribution is -2.24. The van der Waals surface area contributed by atoms with Crippen LogP contribution in [0.3, 0.4) is 0 Å². The number of nitrogens with zero attached hydrogens (tertiary/aromatic N) is 3. The average Bonchev–Trinajstić information content (AvgIpc) is 3.52. The van der Waals surface area contributed by atoms with Crippen LogP contribution in [0.4, 0.5) is 13.2 Å². The molecule has 31 heavy (non-hydrogen) atoms. The molecule has 0 radical (unpaired) electrons. The zero-order chi connectivity index (χ0) is 21.8. The second-order valence-corrected chi connectivity index (χ2v) is 7.88. The molecule has 1 fully saturated rings. The molecule has 11 heteroatoms. The molecule has 0 bridgehead atoms. The van der Waals surface area contributed by atoms with Crippen molar-refractivity contribution in [1.82, 2.24) is 20.1 Å². The largest absolute Gasteiger partial charge is 0.459 e. The molecule has 3 heterocycles. The molecule has 1 atom stereocenters. The fourth-order valence-corrected chi connectivity index (χ4v) is 4.22. The number of furan rings is 1. The maximum atomic E-state index is 13.2. The third-order valence-electron chi connectivity index (χ3n) is 4.71. The maximum absolute atomic E-state index is 13.2. The van der Waals surface area contributed by atoms with Gasteiger partial charge >= 0.3 is 6.18 Å². The summed E-state index contributed by atoms with van der Waals surface area (Å²) in [5.74, 6) is 0.569. The van der Waals surface area contributed by atoms with Crippen molar-refractivity contribution in [2.24, 2.45) is 0 Å². The van der Waals surface area contributed by atoms with Crippen LogP contribution in [0.2, 0.25) is 0 Å². The maximum Gasteiger partial charge on any atom is 0.416 e. The lowest BCUT2D eigenvalue weighted by atomic mass is 10.2. The molecule has 1 aliphatic rings. The molecular formula is C20H19F3N4O3S. The molecule has 4 rings (SSSR count). The summed E-state index contributed by atoms with van der Waals surface area (Å²) in [6.07, 6.45) is -1.13. The van der Waals surface area contributed by atoms with Gasteiger partial charge in [-0.2, -0.15) is 13.2 Å². The normalized spacial score (nSPS) is 16.5. The van der Waals surface area contributed by atoms with E-state index in [-0.39, 0.29) is 24.1 Å². The second kappa shape index (κ2) is 9.15. The number of ether oxygens (including phenoxy) is 1. The summed E-state index contributed by atoms with van der Waals surface area (Å²) in [6, 6.07) is 8.02. The van der Waals surface area contributed by atoms with Gasteiger partial charge in [-0.3, -0.25) is 9.36 Å². The first-order chi connectivity index (χ1) is 14.9. The van der Waals surface area contributed by atoms with E-state index in [4.69, 9.17) is 9.15 Å². The summed E-state index contributed by atoms with van der Waals surface area (Å²) in [4.78, 5) is 12.2. The number of thioether (sulfide) groups is 1. The first-order valence-corrected chi connectivity index (χ1v) is 10.6. The van der Waals surface area contributed by atoms with E-state index in [0.717, 1.165) is 25.0 Å². The van der Waals surface area contributed by atoms with E-state index in [1.165, 1.54) is 34.7 Å². The number of aromatic nitrogens is 3. The molecule has 0 spiro atoms. The van der Waals surface area contributed by atoms with Crippen molar-refractivity contribution in [2.45, 2.75) is 36.8 Å². The number of halogens is 3. The average molecular weight is 452 g/mol. The molecule has 7 nitrogen and oxygen atoms in total. The van der Waals surface area contributed by atoms with Crippen LogP contribution in [-0.2, 0) is 17.5 Å². The molecule has 1 saturated heterocycles. The summed E-state index contributed by atoms with van der Waals surface area (Å²) < 4.78 is 51.9. The van der Waals surface area contributed by atoms with E-state index < -0.39 is 17.6 Å². The van der Waals surface area contributed by atoms with E-state index in [2.05, 4.69) is 15.5 Å². The molecule has 164 valence electrons. The van der Waals surface area contributed by atoms with E-state index >= 15 is 0 Å². The molecule has 1 aromatic carbocycles. The predicted molar refractivity (Wildman–Crippen MR) is 106 cm³/mol. The Labute approximate surface area is 180 Å². The minimum Gasteiger partial charge on any atom is -0.459 e. The molecule has 1 unspecified atom stereocenters. The minimum atomic E-state index is -4.48. The molecule has 2 aromatic heterocycles. The smallest absolute Gasteiger partial charge is 0.416 e. The van der Waals surface area contributed by atoms with Crippen LogP contribution in [0.5, 0.6) is 0 Å². The Morgan fingerprint density at radius 1 is 1.26 bits per heavy atom. The van der Waals surface area contributed by atoms with Crippen LogP contribution in [0.1, 0.15) is 34.8 Å². The van der Waals surface area contributed by atoms with Crippen molar-refractivity contribution >= 4 is 17.7 Å². The lowest BCUT2D eigenvalue weighted by Gasteiger charge is -2.14. The van der Waals surface area contributed by atoms with Gasteiger partial charge in [0.15, 0.2) is 16.7 Å². The van der Waals surface area contributed by atoms with Crippen LogP contribution in [0.25, 0.3) is 5.69 Å². The van der Waals surface area contributed by atoms with Crippen molar-refractivity contribution in [3.63, 3.8) is 0 Å². The summed E-state index contributed by atoms with van der Waals surface area (Å²) in [5.41, 5.74) is -0.517. The molecule has 0 saturated carbocycles. The van der Waals surface area contributed by atoms with Gasteiger partial charge in [0.25, 0.3) is 5.91 Å². The summed E-state index contributed by atoms with van der Waals surface area (Å²) in [6.45, 7) is 0.666. The third-order valence-corrected chi connectivity index (χ3v) is 5.77. The highest BCUT2D eigenvalue weighted by atomic mass is 32.2. The number of rotatable bonds is 7. The van der Waals surface area contributed by atoms with Gasteiger partial charge in [0.1, 0.15) is 0 Å². The molecule has 1 N–H and O–H groups in total. The quantitative estimate of drug-likeness (QED) is 0.544. The van der Waals surface area contributed by atoms with Gasteiger partial charge in [-0.25, -0.2) is 0 Å². The zero-order valence-corrected chi connectivity index (χ0v) is 17.1. The van der Waals surface area contributed by atoms with Crippen molar-refractivity contribution < 1.29 is 27.1 Å². The number of benzene rings is 1. The number of alkyl halides is 3. The van der Waals surface area contributed by atoms with E-state index in [1.807, 2.05) is 0 Å². The van der Waals surface area contributed by atoms with Crippen LogP contribution in [0, 0.1) is 0 Å². The van der Waals surface area contributed by atoms with Gasteiger partial charge in [0.2, 0.25) is 0 Å². The fourth-order valence-electron chi connectivity index (χ4n) is 3.19. The summed E-state index contributed by atoms with van der Waals surface area (Å²) in [7, 11) is 0. The highest BCUT2D eigenvalue weighted by Crippen LogP contribution is 2.32. The van der Waals surface area contributed by atoms with Gasteiger partial charge in [-0.1, -0.05) is 17.8 Å². The third kappa shape index (κ3) is 5.10. The number of carbonyl (C=O) groups is 1. The van der Waals surface area contributed by atoms with E-state index in [0.29, 0.717) is 23.3 Å². The number of nitrogens with one attached hydrogen (secondary N) is 1. The Bertz CT molecular complexity index is 1030. The Morgan fingerprint density at radius 2 is 2.13 bits per heavy atom. The highest BCUT2D eigenvalue weighted by molar-refractivity contribution is 7.99. The van der Waals surface area contributed by atoms with Gasteiger partial charge in [-0.05, 0) is 43.2 Å². The first-order valence-electron chi connectivity index (χ1n) is 9.60. The summed E-state index contributed by atoms with van der Waals surface area (Å²) >= 11 is 1.36. The predicted octanol–water partition coefficient (Wildman–Crippen LogP) is 4.08. The van der Waals surface area contributed by atoms with E-state index in [9.17, 15) is 18.0 Å². The van der Waals surface area contributed by atoms with Crippen LogP contribution in [-0.4, -0.2) is 39.1 Å². The number of carbonyl (C=O) groups excluding carboxylic acids is 1. The molecule has 1 amide bonds. The Kier molecular flexibility index (Phi) is 6.33. The number of hydrogen-bond donors (Lipinski definition) is 1. The van der Waals surface area contributed by atoms with Gasteiger partial charge in [-0.15, -0.1) is 10.2 Å². The Morgan fingerprint density at radius 3 is 2.84 bits per heavy atom. The summed E-state index contributed by atoms with van der Waals surface area (Å²) in [5, 5.41) is 11.3. The van der Waals surface area contributed by atoms with Crippen molar-refractivity contribution in [2.75, 3.05) is 12.4 Å². The molecule has 3 aromatic rings. The van der Waals surface area contributed by atoms with Crippen molar-refractivity contribution in [3.05, 3.63) is 59.8 Å². The fraction of sp³-hybridized carbons (Fsp3) is 0.350. The van der Waals surface area contributed by atoms with Crippen LogP contribution in [0.15, 0.2) is 52.2 Å². The molecular weight excluding hydrogens is 433 g/mol. The van der Waals surface area contributed by atoms with E-state index in [1.54, 1.807) is 12.1 Å². The molecule has 1 aliphatic heterocycles. The second-order valence-electron chi connectivity index (χ2n) is 6.89. The topological polar surface area (TPSA) is 82.2 Å².